The molecule has 0 aliphatic heterocycles. The maximum Gasteiger partial charge on any atom is 0.0896 e. The minimum absolute atomic E-state index is 0.658. The van der Waals surface area contributed by atoms with Gasteiger partial charge in [0.2, 0.25) is 0 Å². The summed E-state index contributed by atoms with van der Waals surface area (Å²) in [7, 11) is 0. The molecule has 8 N–H and O–H groups in total. The highest BCUT2D eigenvalue weighted by Crippen LogP contribution is 2.23. The first-order chi connectivity index (χ1) is 7.70. The summed E-state index contributed by atoms with van der Waals surface area (Å²) in [6.45, 7) is 5.81. The number of rotatable bonds is 4. The normalized spacial score (nSPS) is 12.9. The number of aryl methyl sites for hydroxylation is 1. The van der Waals surface area contributed by atoms with Gasteiger partial charge in [0.1, 0.15) is 0 Å². The molecule has 0 saturated carbocycles. The Morgan fingerprint density at radius 3 is 1.88 bits per heavy atom. The zero-order chi connectivity index (χ0) is 13.3. The van der Waals surface area contributed by atoms with Crippen LogP contribution in [0.3, 0.4) is 0 Å². The molecule has 0 aliphatic rings. The lowest BCUT2D eigenvalue weighted by atomic mass is 9.90. The van der Waals surface area contributed by atoms with Gasteiger partial charge in [0.05, 0.1) is 11.3 Å². The summed E-state index contributed by atoms with van der Waals surface area (Å²) < 4.78 is 0. The average Bonchev–Trinajstić information content (AvgIpc) is 2.27. The average molecular weight is 236 g/mol. The highest BCUT2D eigenvalue weighted by molar-refractivity contribution is 5.36. The van der Waals surface area contributed by atoms with E-state index in [2.05, 4.69) is 6.92 Å². The number of hydrogen-bond donors (Lipinski definition) is 4. The minimum atomic E-state index is -0.871. The number of benzene rings is 1. The zero-order valence-electron chi connectivity index (χ0n) is 11.0. The Balaban J connectivity index is 3.34. The van der Waals surface area contributed by atoms with Gasteiger partial charge in [0, 0.05) is 0 Å². The molecular formula is C13H24N4. The van der Waals surface area contributed by atoms with Crippen molar-refractivity contribution in [3.05, 3.63) is 34.9 Å². The molecule has 0 atom stereocenters. The summed E-state index contributed by atoms with van der Waals surface area (Å²) in [6.07, 6.45) is 1.56. The molecule has 96 valence electrons. The molecule has 0 aliphatic carbocycles. The van der Waals surface area contributed by atoms with Crippen LogP contribution in [0.5, 0.6) is 0 Å². The quantitative estimate of drug-likeness (QED) is 0.581. The molecule has 0 saturated heterocycles. The predicted molar refractivity (Wildman–Crippen MR) is 71.9 cm³/mol. The smallest absolute Gasteiger partial charge is 0.0896 e. The van der Waals surface area contributed by atoms with Gasteiger partial charge in [-0.2, -0.15) is 0 Å². The van der Waals surface area contributed by atoms with E-state index < -0.39 is 11.3 Å². The summed E-state index contributed by atoms with van der Waals surface area (Å²) >= 11 is 0. The first kappa shape index (κ1) is 14.1. The third-order valence-electron chi connectivity index (χ3n) is 3.15. The van der Waals surface area contributed by atoms with Crippen LogP contribution in [-0.2, 0) is 17.7 Å². The molecule has 0 amide bonds. The summed E-state index contributed by atoms with van der Waals surface area (Å²) in [4.78, 5) is 0. The van der Waals surface area contributed by atoms with Crippen molar-refractivity contribution < 1.29 is 0 Å². The van der Waals surface area contributed by atoms with Gasteiger partial charge >= 0.3 is 0 Å². The Morgan fingerprint density at radius 1 is 0.941 bits per heavy atom. The molecule has 1 rings (SSSR count). The van der Waals surface area contributed by atoms with Crippen molar-refractivity contribution in [3.8, 4) is 0 Å². The molecule has 0 heterocycles. The molecule has 0 fully saturated rings. The minimum Gasteiger partial charge on any atom is -0.310 e. The van der Waals surface area contributed by atoms with E-state index in [1.807, 2.05) is 25.1 Å². The fraction of sp³-hybridized carbons (Fsp3) is 0.538. The van der Waals surface area contributed by atoms with Crippen molar-refractivity contribution in [2.45, 2.75) is 44.9 Å². The summed E-state index contributed by atoms with van der Waals surface area (Å²) in [5.74, 6) is 0. The lowest BCUT2D eigenvalue weighted by Gasteiger charge is -2.27. The molecule has 0 unspecified atom stereocenters. The van der Waals surface area contributed by atoms with Crippen molar-refractivity contribution >= 4 is 0 Å². The maximum absolute atomic E-state index is 6.07. The number of nitrogens with two attached hydrogens (primary N) is 4. The van der Waals surface area contributed by atoms with Crippen LogP contribution in [0.2, 0.25) is 0 Å². The highest BCUT2D eigenvalue weighted by Gasteiger charge is 2.23. The Labute approximate surface area is 103 Å². The third kappa shape index (κ3) is 3.26. The van der Waals surface area contributed by atoms with Gasteiger partial charge in [0.15, 0.2) is 0 Å². The summed E-state index contributed by atoms with van der Waals surface area (Å²) in [5.41, 5.74) is 25.2. The molecular weight excluding hydrogens is 212 g/mol. The van der Waals surface area contributed by atoms with Crippen molar-refractivity contribution in [2.75, 3.05) is 0 Å². The Bertz CT molecular complexity index is 391. The van der Waals surface area contributed by atoms with Crippen LogP contribution < -0.4 is 22.9 Å². The Kier molecular flexibility index (Phi) is 3.94. The lowest BCUT2D eigenvalue weighted by Crippen LogP contribution is -2.47. The summed E-state index contributed by atoms with van der Waals surface area (Å²) in [5, 5.41) is 0. The standard InChI is InChI=1S/C13H24N4/c1-4-9-6-10(12(3,14)15)8-11(7-9)13(16,17)5-2/h6-8H,4-5,14-17H2,1-3H3. The van der Waals surface area contributed by atoms with Crippen LogP contribution in [-0.4, -0.2) is 0 Å². The second-order valence-electron chi connectivity index (χ2n) is 4.95. The van der Waals surface area contributed by atoms with E-state index in [4.69, 9.17) is 22.9 Å². The fourth-order valence-electron chi connectivity index (χ4n) is 1.68. The highest BCUT2D eigenvalue weighted by atomic mass is 15.0. The van der Waals surface area contributed by atoms with Gasteiger partial charge in [0.25, 0.3) is 0 Å². The Morgan fingerprint density at radius 2 is 1.47 bits per heavy atom. The van der Waals surface area contributed by atoms with Crippen LogP contribution in [0.1, 0.15) is 43.9 Å². The first-order valence-electron chi connectivity index (χ1n) is 6.01. The molecule has 1 aromatic rings. The molecule has 1 aromatic carbocycles. The largest absolute Gasteiger partial charge is 0.310 e. The zero-order valence-corrected chi connectivity index (χ0v) is 11.0. The van der Waals surface area contributed by atoms with Gasteiger partial charge < -0.3 is 22.9 Å². The van der Waals surface area contributed by atoms with Crippen LogP contribution in [0.15, 0.2) is 18.2 Å². The van der Waals surface area contributed by atoms with Gasteiger partial charge in [-0.3, -0.25) is 0 Å². The van der Waals surface area contributed by atoms with Gasteiger partial charge in [-0.05, 0) is 42.5 Å². The van der Waals surface area contributed by atoms with E-state index in [0.717, 1.165) is 23.1 Å². The van der Waals surface area contributed by atoms with Gasteiger partial charge in [-0.25, -0.2) is 0 Å². The van der Waals surface area contributed by atoms with E-state index in [9.17, 15) is 0 Å². The van der Waals surface area contributed by atoms with Crippen molar-refractivity contribution in [3.63, 3.8) is 0 Å². The lowest BCUT2D eigenvalue weighted by molar-refractivity contribution is 0.443. The van der Waals surface area contributed by atoms with E-state index in [1.54, 1.807) is 6.92 Å². The van der Waals surface area contributed by atoms with E-state index in [-0.39, 0.29) is 0 Å². The topological polar surface area (TPSA) is 104 Å². The monoisotopic (exact) mass is 236 g/mol. The predicted octanol–water partition coefficient (Wildman–Crippen LogP) is 0.819. The third-order valence-corrected chi connectivity index (χ3v) is 3.15. The molecule has 0 spiro atoms. The first-order valence-corrected chi connectivity index (χ1v) is 6.01. The molecule has 0 bridgehead atoms. The summed E-state index contributed by atoms with van der Waals surface area (Å²) in [6, 6.07) is 5.94. The molecule has 17 heavy (non-hydrogen) atoms. The van der Waals surface area contributed by atoms with Crippen molar-refractivity contribution in [2.24, 2.45) is 22.9 Å². The van der Waals surface area contributed by atoms with E-state index in [1.165, 1.54) is 0 Å². The van der Waals surface area contributed by atoms with Crippen molar-refractivity contribution in [1.82, 2.24) is 0 Å². The van der Waals surface area contributed by atoms with E-state index in [0.29, 0.717) is 6.42 Å². The fourth-order valence-corrected chi connectivity index (χ4v) is 1.68. The van der Waals surface area contributed by atoms with Crippen molar-refractivity contribution in [1.29, 1.82) is 0 Å². The van der Waals surface area contributed by atoms with Crippen LogP contribution in [0.4, 0.5) is 0 Å². The SMILES string of the molecule is CCc1cc(C(C)(N)N)cc(C(N)(N)CC)c1. The van der Waals surface area contributed by atoms with Crippen LogP contribution >= 0.6 is 0 Å². The molecule has 0 radical (unpaired) electrons. The number of hydrogen-bond acceptors (Lipinski definition) is 4. The molecule has 4 nitrogen and oxygen atoms in total. The van der Waals surface area contributed by atoms with Crippen LogP contribution in [0.25, 0.3) is 0 Å². The van der Waals surface area contributed by atoms with Gasteiger partial charge in [-0.15, -0.1) is 0 Å². The van der Waals surface area contributed by atoms with Crippen LogP contribution in [0, 0.1) is 0 Å². The van der Waals surface area contributed by atoms with E-state index >= 15 is 0 Å². The Hall–Kier alpha value is -0.940. The molecule has 4 heteroatoms. The van der Waals surface area contributed by atoms with Gasteiger partial charge in [-0.1, -0.05) is 26.0 Å². The second-order valence-corrected chi connectivity index (χ2v) is 4.95. The molecule has 0 aromatic heterocycles. The second kappa shape index (κ2) is 4.74. The maximum atomic E-state index is 6.07.